The van der Waals surface area contributed by atoms with E-state index in [0.717, 1.165) is 11.1 Å². The van der Waals surface area contributed by atoms with E-state index in [0.29, 0.717) is 6.42 Å². The number of hydrogen-bond acceptors (Lipinski definition) is 9. The summed E-state index contributed by atoms with van der Waals surface area (Å²) < 4.78 is 23.4. The highest BCUT2D eigenvalue weighted by Gasteiger charge is 2.51. The van der Waals surface area contributed by atoms with Crippen LogP contribution in [0.3, 0.4) is 0 Å². The molecular weight excluding hydrogens is 564 g/mol. The highest BCUT2D eigenvalue weighted by atomic mass is 16.6. The molecule has 252 valence electrons. The lowest BCUT2D eigenvalue weighted by atomic mass is 9.76. The van der Waals surface area contributed by atoms with Gasteiger partial charge in [0.15, 0.2) is 5.79 Å². The highest BCUT2D eigenvalue weighted by molar-refractivity contribution is 5.87. The molecular formula is C35H58O9. The van der Waals surface area contributed by atoms with E-state index < -0.39 is 60.2 Å². The number of esters is 1. The molecule has 2 rings (SSSR count). The van der Waals surface area contributed by atoms with Gasteiger partial charge in [-0.3, -0.25) is 0 Å². The lowest BCUT2D eigenvalue weighted by molar-refractivity contribution is -0.328. The van der Waals surface area contributed by atoms with Gasteiger partial charge >= 0.3 is 5.97 Å². The molecule has 2 aliphatic heterocycles. The van der Waals surface area contributed by atoms with E-state index in [1.807, 2.05) is 66.7 Å². The number of methoxy groups -OCH3 is 2. The summed E-state index contributed by atoms with van der Waals surface area (Å²) in [4.78, 5) is 13.5. The molecule has 1 fully saturated rings. The van der Waals surface area contributed by atoms with Crippen molar-refractivity contribution in [3.63, 3.8) is 0 Å². The Balaban J connectivity index is 2.52. The van der Waals surface area contributed by atoms with Crippen LogP contribution in [0, 0.1) is 35.5 Å². The normalized spacial score (nSPS) is 41.2. The van der Waals surface area contributed by atoms with Crippen molar-refractivity contribution >= 4 is 5.97 Å². The minimum absolute atomic E-state index is 0.00492. The van der Waals surface area contributed by atoms with Gasteiger partial charge in [0.05, 0.1) is 31.5 Å². The van der Waals surface area contributed by atoms with Crippen molar-refractivity contribution in [1.82, 2.24) is 0 Å². The van der Waals surface area contributed by atoms with Crippen LogP contribution in [0.4, 0.5) is 0 Å². The van der Waals surface area contributed by atoms with Gasteiger partial charge in [-0.1, -0.05) is 83.9 Å². The molecule has 0 spiro atoms. The van der Waals surface area contributed by atoms with Gasteiger partial charge in [0.25, 0.3) is 0 Å². The molecule has 9 heteroatoms. The number of rotatable bonds is 7. The first-order valence-electron chi connectivity index (χ1n) is 15.9. The second-order valence-electron chi connectivity index (χ2n) is 13.6. The van der Waals surface area contributed by atoms with E-state index in [-0.39, 0.29) is 35.9 Å². The molecule has 0 saturated carbocycles. The predicted octanol–water partition coefficient (Wildman–Crippen LogP) is 4.69. The third-order valence-electron chi connectivity index (χ3n) is 9.50. The van der Waals surface area contributed by atoms with Crippen LogP contribution >= 0.6 is 0 Å². The Bertz CT molecular complexity index is 1060. The van der Waals surface area contributed by atoms with Gasteiger partial charge in [-0.05, 0) is 38.2 Å². The molecule has 0 radical (unpaired) electrons. The summed E-state index contributed by atoms with van der Waals surface area (Å²) in [5, 5.41) is 45.0. The van der Waals surface area contributed by atoms with Gasteiger partial charge in [-0.15, -0.1) is 0 Å². The second-order valence-corrected chi connectivity index (χ2v) is 13.6. The van der Waals surface area contributed by atoms with Crippen molar-refractivity contribution in [2.75, 3.05) is 14.2 Å². The van der Waals surface area contributed by atoms with E-state index in [1.54, 1.807) is 26.0 Å². The minimum atomic E-state index is -1.80. The second kappa shape index (κ2) is 16.5. The van der Waals surface area contributed by atoms with Gasteiger partial charge in [0.1, 0.15) is 12.2 Å². The molecule has 0 aliphatic carbocycles. The zero-order valence-corrected chi connectivity index (χ0v) is 28.6. The summed E-state index contributed by atoms with van der Waals surface area (Å²) in [5.41, 5.74) is 1.78. The molecule has 9 nitrogen and oxygen atoms in total. The first kappa shape index (κ1) is 38.2. The minimum Gasteiger partial charge on any atom is -0.490 e. The first-order valence-corrected chi connectivity index (χ1v) is 15.9. The number of allylic oxidation sites excluding steroid dienone is 5. The summed E-state index contributed by atoms with van der Waals surface area (Å²) in [6, 6.07) is 0. The van der Waals surface area contributed by atoms with Crippen LogP contribution in [0.15, 0.2) is 47.3 Å². The third kappa shape index (κ3) is 9.50. The van der Waals surface area contributed by atoms with Crippen molar-refractivity contribution in [2.45, 2.75) is 118 Å². The fourth-order valence-corrected chi connectivity index (χ4v) is 6.54. The third-order valence-corrected chi connectivity index (χ3v) is 9.50. The quantitative estimate of drug-likeness (QED) is 0.298. The van der Waals surface area contributed by atoms with Crippen LogP contribution in [-0.4, -0.2) is 83.0 Å². The Kier molecular flexibility index (Phi) is 14.3. The summed E-state index contributed by atoms with van der Waals surface area (Å²) >= 11 is 0. The van der Waals surface area contributed by atoms with Crippen LogP contribution in [0.25, 0.3) is 0 Å². The lowest BCUT2D eigenvalue weighted by Gasteiger charge is -2.49. The van der Waals surface area contributed by atoms with Gasteiger partial charge in [0, 0.05) is 37.2 Å². The van der Waals surface area contributed by atoms with Crippen molar-refractivity contribution < 1.29 is 44.2 Å². The van der Waals surface area contributed by atoms with E-state index in [1.165, 1.54) is 14.2 Å². The van der Waals surface area contributed by atoms with E-state index in [4.69, 9.17) is 18.9 Å². The molecule has 0 amide bonds. The van der Waals surface area contributed by atoms with E-state index in [9.17, 15) is 25.2 Å². The number of aliphatic hydroxyl groups excluding tert-OH is 3. The fraction of sp³-hybridized carbons (Fsp3) is 0.743. The SMILES string of the molecule is CO/C1=C/C(C)=C/[C@@H](C)[C@H](O)[C@H](C)C/C(C)=C/C=C/[C@@H](OC)[C@@H]([C@H](C)[C@@H](O)[C@@H](C)[C@@]2(O)C[C@@H](O)[C@H](C)[C@@H](C(C)C)O2)OC1=O. The molecule has 44 heavy (non-hydrogen) atoms. The summed E-state index contributed by atoms with van der Waals surface area (Å²) in [5.74, 6) is -4.49. The zero-order chi connectivity index (χ0) is 33.5. The van der Waals surface area contributed by atoms with Crippen molar-refractivity contribution in [2.24, 2.45) is 35.5 Å². The predicted molar refractivity (Wildman–Crippen MR) is 170 cm³/mol. The zero-order valence-electron chi connectivity index (χ0n) is 28.6. The molecule has 2 aliphatic rings. The van der Waals surface area contributed by atoms with Gasteiger partial charge in [0.2, 0.25) is 5.76 Å². The van der Waals surface area contributed by atoms with Crippen molar-refractivity contribution in [3.05, 3.63) is 47.3 Å². The average Bonchev–Trinajstić information content (AvgIpc) is 2.96. The first-order chi connectivity index (χ1) is 20.5. The Labute approximate surface area is 264 Å². The Morgan fingerprint density at radius 2 is 1.68 bits per heavy atom. The maximum Gasteiger partial charge on any atom is 0.373 e. The number of carbonyl (C=O) groups excluding carboxylic acids is 1. The van der Waals surface area contributed by atoms with Crippen LogP contribution in [-0.2, 0) is 23.7 Å². The van der Waals surface area contributed by atoms with Gasteiger partial charge < -0.3 is 39.4 Å². The standard InChI is InChI=1S/C35H58O9/c1-19(2)32-24(7)27(36)18-35(40,44-32)26(9)31(38)25(8)33-28(41-10)14-12-13-20(3)15-22(5)30(37)23(6)16-21(4)17-29(42-11)34(39)43-33/h12-14,16-17,19,22-28,30-33,36-38,40H,15,18H2,1-11H3/b14-12+,20-13+,21-16+,29-17+/t22-,23-,24+,25-,26-,27-,28-,30-,31-,32-,33-,35-/m1/s1. The smallest absolute Gasteiger partial charge is 0.373 e. The summed E-state index contributed by atoms with van der Waals surface area (Å²) in [6.07, 6.45) is 4.85. The average molecular weight is 623 g/mol. The monoisotopic (exact) mass is 622 g/mol. The van der Waals surface area contributed by atoms with Crippen LogP contribution < -0.4 is 0 Å². The Morgan fingerprint density at radius 3 is 2.25 bits per heavy atom. The summed E-state index contributed by atoms with van der Waals surface area (Å²) in [7, 11) is 2.87. The van der Waals surface area contributed by atoms with E-state index >= 15 is 0 Å². The highest BCUT2D eigenvalue weighted by Crippen LogP contribution is 2.41. The Hall–Kier alpha value is -2.01. The van der Waals surface area contributed by atoms with Gasteiger partial charge in [-0.2, -0.15) is 0 Å². The molecule has 1 saturated heterocycles. The maximum absolute atomic E-state index is 13.5. The van der Waals surface area contributed by atoms with Crippen molar-refractivity contribution in [1.29, 1.82) is 0 Å². The molecule has 12 atom stereocenters. The van der Waals surface area contributed by atoms with Gasteiger partial charge in [-0.25, -0.2) is 4.79 Å². The van der Waals surface area contributed by atoms with Crippen LogP contribution in [0.5, 0.6) is 0 Å². The largest absolute Gasteiger partial charge is 0.490 e. The topological polar surface area (TPSA) is 135 Å². The number of hydrogen-bond donors (Lipinski definition) is 4. The van der Waals surface area contributed by atoms with Crippen LogP contribution in [0.2, 0.25) is 0 Å². The molecule has 0 bridgehead atoms. The number of ether oxygens (including phenoxy) is 4. The molecule has 0 unspecified atom stereocenters. The number of carbonyl (C=O) groups is 1. The van der Waals surface area contributed by atoms with Crippen LogP contribution in [0.1, 0.15) is 75.2 Å². The lowest BCUT2D eigenvalue weighted by Crippen LogP contribution is -2.59. The Morgan fingerprint density at radius 1 is 1.05 bits per heavy atom. The molecule has 4 N–H and O–H groups in total. The summed E-state index contributed by atoms with van der Waals surface area (Å²) in [6.45, 7) is 17.0. The van der Waals surface area contributed by atoms with E-state index in [2.05, 4.69) is 0 Å². The molecule has 2 heterocycles. The van der Waals surface area contributed by atoms with Crippen molar-refractivity contribution in [3.8, 4) is 0 Å². The maximum atomic E-state index is 13.5. The molecule has 0 aromatic carbocycles. The molecule has 0 aromatic rings. The number of cyclic esters (lactones) is 1. The molecule has 0 aromatic heterocycles. The number of aliphatic hydroxyl groups is 4. The fourth-order valence-electron chi connectivity index (χ4n) is 6.54.